The second-order valence-corrected chi connectivity index (χ2v) is 4.14. The molecule has 2 nitrogen and oxygen atoms in total. The van der Waals surface area contributed by atoms with Crippen molar-refractivity contribution < 1.29 is 5.11 Å². The summed E-state index contributed by atoms with van der Waals surface area (Å²) in [4.78, 5) is 0. The average molecular weight is 207 g/mol. The molecule has 0 amide bonds. The van der Waals surface area contributed by atoms with Gasteiger partial charge in [-0.05, 0) is 49.5 Å². The van der Waals surface area contributed by atoms with E-state index in [2.05, 4.69) is 25.2 Å². The molecule has 0 aliphatic heterocycles. The van der Waals surface area contributed by atoms with Gasteiger partial charge in [-0.1, -0.05) is 26.0 Å². The summed E-state index contributed by atoms with van der Waals surface area (Å²) in [7, 11) is 1.98. The molecule has 0 heterocycles. The van der Waals surface area contributed by atoms with E-state index in [0.29, 0.717) is 17.6 Å². The number of hydrogen-bond acceptors (Lipinski definition) is 2. The van der Waals surface area contributed by atoms with Gasteiger partial charge in [-0.3, -0.25) is 0 Å². The van der Waals surface area contributed by atoms with Crippen LogP contribution in [0.3, 0.4) is 0 Å². The third-order valence-electron chi connectivity index (χ3n) is 2.95. The quantitative estimate of drug-likeness (QED) is 0.778. The van der Waals surface area contributed by atoms with Gasteiger partial charge in [-0.2, -0.15) is 0 Å². The van der Waals surface area contributed by atoms with Crippen LogP contribution in [0.2, 0.25) is 0 Å². The minimum Gasteiger partial charge on any atom is -0.508 e. The van der Waals surface area contributed by atoms with Crippen molar-refractivity contribution in [2.75, 3.05) is 13.6 Å². The smallest absolute Gasteiger partial charge is 0.115 e. The minimum absolute atomic E-state index is 0.364. The van der Waals surface area contributed by atoms with Gasteiger partial charge in [0.05, 0.1) is 0 Å². The van der Waals surface area contributed by atoms with Crippen molar-refractivity contribution in [3.63, 3.8) is 0 Å². The van der Waals surface area contributed by atoms with E-state index >= 15 is 0 Å². The van der Waals surface area contributed by atoms with Crippen molar-refractivity contribution in [1.29, 1.82) is 0 Å². The molecule has 0 fully saturated rings. The normalized spacial score (nSPS) is 14.9. The minimum atomic E-state index is 0.364. The van der Waals surface area contributed by atoms with Crippen LogP contribution in [0.15, 0.2) is 24.3 Å². The molecule has 1 aromatic rings. The van der Waals surface area contributed by atoms with Gasteiger partial charge in [0.15, 0.2) is 0 Å². The molecular weight excluding hydrogens is 186 g/mol. The van der Waals surface area contributed by atoms with Gasteiger partial charge in [0, 0.05) is 0 Å². The molecule has 2 atom stereocenters. The zero-order chi connectivity index (χ0) is 11.3. The Morgan fingerprint density at radius 3 is 2.67 bits per heavy atom. The number of nitrogens with one attached hydrogen (secondary N) is 1. The van der Waals surface area contributed by atoms with Gasteiger partial charge in [-0.25, -0.2) is 0 Å². The zero-order valence-corrected chi connectivity index (χ0v) is 9.83. The Labute approximate surface area is 92.3 Å². The maximum absolute atomic E-state index is 9.45. The van der Waals surface area contributed by atoms with Crippen LogP contribution >= 0.6 is 0 Å². The Bertz CT molecular complexity index is 298. The summed E-state index contributed by atoms with van der Waals surface area (Å²) < 4.78 is 0. The van der Waals surface area contributed by atoms with E-state index in [0.717, 1.165) is 13.0 Å². The monoisotopic (exact) mass is 207 g/mol. The van der Waals surface area contributed by atoms with E-state index in [9.17, 15) is 5.11 Å². The topological polar surface area (TPSA) is 32.3 Å². The molecule has 0 saturated heterocycles. The molecule has 0 radical (unpaired) electrons. The molecule has 1 rings (SSSR count). The third kappa shape index (κ3) is 3.24. The molecule has 2 heteroatoms. The first kappa shape index (κ1) is 12.1. The summed E-state index contributed by atoms with van der Waals surface area (Å²) in [5.41, 5.74) is 1.24. The number of hydrogen-bond donors (Lipinski definition) is 2. The standard InChI is InChI=1S/C13H21NO/c1-4-13(10(2)9-14-3)11-6-5-7-12(15)8-11/h5-8,10,13-15H,4,9H2,1-3H3. The number of aromatic hydroxyl groups is 1. The van der Waals surface area contributed by atoms with Gasteiger partial charge in [0.1, 0.15) is 5.75 Å². The molecule has 15 heavy (non-hydrogen) atoms. The molecule has 0 bridgehead atoms. The second kappa shape index (κ2) is 5.76. The summed E-state index contributed by atoms with van der Waals surface area (Å²) in [6, 6.07) is 7.61. The van der Waals surface area contributed by atoms with Gasteiger partial charge in [0.25, 0.3) is 0 Å². The lowest BCUT2D eigenvalue weighted by Crippen LogP contribution is -2.22. The van der Waals surface area contributed by atoms with E-state index in [1.54, 1.807) is 6.07 Å². The van der Waals surface area contributed by atoms with Crippen molar-refractivity contribution in [1.82, 2.24) is 5.32 Å². The van der Waals surface area contributed by atoms with E-state index in [1.807, 2.05) is 19.2 Å². The average Bonchev–Trinajstić information content (AvgIpc) is 2.19. The largest absolute Gasteiger partial charge is 0.508 e. The highest BCUT2D eigenvalue weighted by Crippen LogP contribution is 2.29. The first-order valence-corrected chi connectivity index (χ1v) is 5.62. The van der Waals surface area contributed by atoms with E-state index < -0.39 is 0 Å². The highest BCUT2D eigenvalue weighted by Gasteiger charge is 2.16. The Morgan fingerprint density at radius 1 is 1.40 bits per heavy atom. The van der Waals surface area contributed by atoms with Crippen molar-refractivity contribution in [3.8, 4) is 5.75 Å². The second-order valence-electron chi connectivity index (χ2n) is 4.14. The maximum Gasteiger partial charge on any atom is 0.115 e. The van der Waals surface area contributed by atoms with Crippen LogP contribution in [0.25, 0.3) is 0 Å². The summed E-state index contributed by atoms with van der Waals surface area (Å²) in [5, 5.41) is 12.7. The summed E-state index contributed by atoms with van der Waals surface area (Å²) in [6.45, 7) is 5.45. The number of benzene rings is 1. The Morgan fingerprint density at radius 2 is 2.13 bits per heavy atom. The number of rotatable bonds is 5. The number of phenols is 1. The van der Waals surface area contributed by atoms with Crippen LogP contribution < -0.4 is 5.32 Å². The SMILES string of the molecule is CCC(c1cccc(O)c1)C(C)CNC. The molecule has 2 N–H and O–H groups in total. The van der Waals surface area contributed by atoms with Crippen LogP contribution in [0.1, 0.15) is 31.7 Å². The van der Waals surface area contributed by atoms with Crippen LogP contribution in [-0.2, 0) is 0 Å². The maximum atomic E-state index is 9.45. The Balaban J connectivity index is 2.82. The molecule has 0 spiro atoms. The highest BCUT2D eigenvalue weighted by atomic mass is 16.3. The highest BCUT2D eigenvalue weighted by molar-refractivity contribution is 5.30. The van der Waals surface area contributed by atoms with Gasteiger partial charge >= 0.3 is 0 Å². The van der Waals surface area contributed by atoms with Crippen LogP contribution in [0.5, 0.6) is 5.75 Å². The van der Waals surface area contributed by atoms with Gasteiger partial charge in [0.2, 0.25) is 0 Å². The first-order valence-electron chi connectivity index (χ1n) is 5.62. The predicted molar refractivity (Wildman–Crippen MR) is 64.2 cm³/mol. The summed E-state index contributed by atoms with van der Waals surface area (Å²) in [6.07, 6.45) is 1.10. The fourth-order valence-electron chi connectivity index (χ4n) is 2.19. The Hall–Kier alpha value is -1.02. The Kier molecular flexibility index (Phi) is 4.63. The van der Waals surface area contributed by atoms with Crippen molar-refractivity contribution in [2.45, 2.75) is 26.2 Å². The lowest BCUT2D eigenvalue weighted by molar-refractivity contribution is 0.426. The summed E-state index contributed by atoms with van der Waals surface area (Å²) >= 11 is 0. The molecular formula is C13H21NO. The third-order valence-corrected chi connectivity index (χ3v) is 2.95. The van der Waals surface area contributed by atoms with Crippen LogP contribution in [0.4, 0.5) is 0 Å². The van der Waals surface area contributed by atoms with E-state index in [-0.39, 0.29) is 0 Å². The molecule has 0 aromatic heterocycles. The molecule has 84 valence electrons. The lowest BCUT2D eigenvalue weighted by Gasteiger charge is -2.23. The fourth-order valence-corrected chi connectivity index (χ4v) is 2.19. The summed E-state index contributed by atoms with van der Waals surface area (Å²) in [5.74, 6) is 1.47. The molecule has 0 aliphatic rings. The van der Waals surface area contributed by atoms with E-state index in [1.165, 1.54) is 5.56 Å². The van der Waals surface area contributed by atoms with Crippen LogP contribution in [-0.4, -0.2) is 18.7 Å². The molecule has 0 aliphatic carbocycles. The van der Waals surface area contributed by atoms with Crippen molar-refractivity contribution >= 4 is 0 Å². The predicted octanol–water partition coefficient (Wildman–Crippen LogP) is 2.74. The first-order chi connectivity index (χ1) is 7.19. The molecule has 0 saturated carbocycles. The lowest BCUT2D eigenvalue weighted by atomic mass is 9.85. The van der Waals surface area contributed by atoms with Gasteiger partial charge in [-0.15, -0.1) is 0 Å². The zero-order valence-electron chi connectivity index (χ0n) is 9.83. The van der Waals surface area contributed by atoms with Crippen LogP contribution in [0, 0.1) is 5.92 Å². The number of phenolic OH excluding ortho intramolecular Hbond substituents is 1. The van der Waals surface area contributed by atoms with E-state index in [4.69, 9.17) is 0 Å². The van der Waals surface area contributed by atoms with Crippen molar-refractivity contribution in [3.05, 3.63) is 29.8 Å². The van der Waals surface area contributed by atoms with Gasteiger partial charge < -0.3 is 10.4 Å². The van der Waals surface area contributed by atoms with Crippen molar-refractivity contribution in [2.24, 2.45) is 5.92 Å². The molecule has 1 aromatic carbocycles. The fraction of sp³-hybridized carbons (Fsp3) is 0.538. The molecule has 2 unspecified atom stereocenters.